The molecule has 1 heterocycles. The zero-order chi connectivity index (χ0) is 24.8. The molecule has 0 spiro atoms. The normalized spacial score (nSPS) is 11.2. The second-order valence-electron chi connectivity index (χ2n) is 7.71. The van der Waals surface area contributed by atoms with E-state index in [0.29, 0.717) is 40.2 Å². The Morgan fingerprint density at radius 3 is 2.74 bits per heavy atom. The van der Waals surface area contributed by atoms with Gasteiger partial charge >= 0.3 is 5.97 Å². The van der Waals surface area contributed by atoms with Crippen LogP contribution in [0.3, 0.4) is 0 Å². The fraction of sp³-hybridized carbons (Fsp3) is 0.280. The summed E-state index contributed by atoms with van der Waals surface area (Å²) in [6.07, 6.45) is 3.50. The van der Waals surface area contributed by atoms with Crippen LogP contribution in [0.5, 0.6) is 11.5 Å². The highest BCUT2D eigenvalue weighted by atomic mass is 79.9. The first-order valence-corrected chi connectivity index (χ1v) is 11.4. The summed E-state index contributed by atoms with van der Waals surface area (Å²) < 4.78 is 18.4. The second-order valence-corrected chi connectivity index (χ2v) is 8.63. The molecule has 9 heteroatoms. The van der Waals surface area contributed by atoms with Crippen LogP contribution in [0.4, 0.5) is 0 Å². The van der Waals surface area contributed by atoms with Crippen LogP contribution in [-0.2, 0) is 16.0 Å². The number of nitrogens with zero attached hydrogens (tertiary/aromatic N) is 3. The molecule has 3 aromatic rings. The second kappa shape index (κ2) is 11.1. The van der Waals surface area contributed by atoms with E-state index in [9.17, 15) is 9.59 Å². The molecule has 0 aliphatic carbocycles. The van der Waals surface area contributed by atoms with E-state index >= 15 is 0 Å². The predicted octanol–water partition coefficient (Wildman–Crippen LogP) is 4.42. The van der Waals surface area contributed by atoms with E-state index in [0.717, 1.165) is 10.0 Å². The van der Waals surface area contributed by atoms with Crippen LogP contribution >= 0.6 is 15.9 Å². The number of ether oxygens (including phenoxy) is 3. The lowest BCUT2D eigenvalue weighted by atomic mass is 10.1. The van der Waals surface area contributed by atoms with Crippen molar-refractivity contribution >= 4 is 39.0 Å². The van der Waals surface area contributed by atoms with Gasteiger partial charge in [-0.15, -0.1) is 6.58 Å². The fourth-order valence-electron chi connectivity index (χ4n) is 3.33. The highest BCUT2D eigenvalue weighted by Crippen LogP contribution is 2.33. The molecule has 0 bridgehead atoms. The lowest BCUT2D eigenvalue weighted by Crippen LogP contribution is -2.20. The first-order valence-electron chi connectivity index (χ1n) is 10.6. The third kappa shape index (κ3) is 5.91. The molecule has 34 heavy (non-hydrogen) atoms. The Bertz CT molecular complexity index is 1310. The van der Waals surface area contributed by atoms with E-state index in [1.54, 1.807) is 51.3 Å². The number of benzene rings is 2. The fourth-order valence-corrected chi connectivity index (χ4v) is 3.69. The molecule has 0 aliphatic heterocycles. The topological polar surface area (TPSA) is 92.0 Å². The van der Waals surface area contributed by atoms with Gasteiger partial charge in [-0.25, -0.2) is 9.78 Å². The van der Waals surface area contributed by atoms with Crippen LogP contribution < -0.4 is 15.0 Å². The maximum absolute atomic E-state index is 13.0. The van der Waals surface area contributed by atoms with Crippen molar-refractivity contribution in [3.05, 3.63) is 74.8 Å². The van der Waals surface area contributed by atoms with Crippen LogP contribution in [0.15, 0.2) is 57.4 Å². The molecule has 0 unspecified atom stereocenters. The van der Waals surface area contributed by atoms with Crippen molar-refractivity contribution in [2.24, 2.45) is 5.10 Å². The van der Waals surface area contributed by atoms with E-state index in [1.807, 2.05) is 12.1 Å². The minimum absolute atomic E-state index is 0.234. The van der Waals surface area contributed by atoms with Crippen LogP contribution in [0, 0.1) is 6.92 Å². The molecule has 1 aromatic heterocycles. The predicted molar refractivity (Wildman–Crippen MR) is 135 cm³/mol. The molecule has 0 aliphatic rings. The Morgan fingerprint density at radius 1 is 1.29 bits per heavy atom. The standard InChI is InChI=1S/C25H26BrN3O5/c1-6-7-18-10-17(11-22(32-5)24(18)33-14-23(30)34-15(2)3)13-27-29-16(4)28-21-9-8-19(26)12-20(21)25(29)31/h6,8-13,15H,1,7,14H2,2-5H3. The van der Waals surface area contributed by atoms with Gasteiger partial charge in [0.15, 0.2) is 18.1 Å². The average Bonchev–Trinajstić information content (AvgIpc) is 2.78. The van der Waals surface area contributed by atoms with Gasteiger partial charge in [0, 0.05) is 10.0 Å². The molecular weight excluding hydrogens is 502 g/mol. The Labute approximate surface area is 206 Å². The molecule has 0 N–H and O–H groups in total. The number of esters is 1. The summed E-state index contributed by atoms with van der Waals surface area (Å²) in [4.78, 5) is 29.4. The monoisotopic (exact) mass is 527 g/mol. The lowest BCUT2D eigenvalue weighted by Gasteiger charge is -2.16. The number of hydrogen-bond acceptors (Lipinski definition) is 7. The van der Waals surface area contributed by atoms with Crippen molar-refractivity contribution in [1.82, 2.24) is 9.66 Å². The number of fused-ring (bicyclic) bond motifs is 1. The molecule has 8 nitrogen and oxygen atoms in total. The summed E-state index contributed by atoms with van der Waals surface area (Å²) in [5, 5.41) is 4.83. The number of methoxy groups -OCH3 is 1. The van der Waals surface area contributed by atoms with E-state index in [-0.39, 0.29) is 18.3 Å². The van der Waals surface area contributed by atoms with Gasteiger partial charge < -0.3 is 14.2 Å². The Balaban J connectivity index is 1.97. The number of aromatic nitrogens is 2. The summed E-state index contributed by atoms with van der Waals surface area (Å²) in [5.74, 6) is 0.823. The molecule has 178 valence electrons. The third-order valence-electron chi connectivity index (χ3n) is 4.73. The number of hydrogen-bond donors (Lipinski definition) is 0. The minimum atomic E-state index is -0.475. The van der Waals surface area contributed by atoms with Crippen molar-refractivity contribution in [3.8, 4) is 11.5 Å². The van der Waals surface area contributed by atoms with E-state index in [4.69, 9.17) is 14.2 Å². The van der Waals surface area contributed by atoms with Crippen molar-refractivity contribution in [2.45, 2.75) is 33.3 Å². The Hall–Kier alpha value is -3.46. The van der Waals surface area contributed by atoms with Gasteiger partial charge in [-0.1, -0.05) is 22.0 Å². The zero-order valence-electron chi connectivity index (χ0n) is 19.5. The van der Waals surface area contributed by atoms with Crippen molar-refractivity contribution < 1.29 is 19.0 Å². The van der Waals surface area contributed by atoms with Crippen LogP contribution in [0.2, 0.25) is 0 Å². The van der Waals surface area contributed by atoms with Crippen molar-refractivity contribution in [1.29, 1.82) is 0 Å². The third-order valence-corrected chi connectivity index (χ3v) is 5.23. The maximum atomic E-state index is 13.0. The number of aryl methyl sites for hydroxylation is 1. The number of halogens is 1. The van der Waals surface area contributed by atoms with Crippen LogP contribution in [0.1, 0.15) is 30.8 Å². The quantitative estimate of drug-likeness (QED) is 0.232. The largest absolute Gasteiger partial charge is 0.493 e. The molecule has 0 amide bonds. The summed E-state index contributed by atoms with van der Waals surface area (Å²) in [6.45, 7) is 8.80. The minimum Gasteiger partial charge on any atom is -0.493 e. The van der Waals surface area contributed by atoms with E-state index in [2.05, 4.69) is 32.6 Å². The summed E-state index contributed by atoms with van der Waals surface area (Å²) in [6, 6.07) is 8.88. The van der Waals surface area contributed by atoms with Crippen molar-refractivity contribution in [3.63, 3.8) is 0 Å². The molecule has 0 atom stereocenters. The highest BCUT2D eigenvalue weighted by Gasteiger charge is 2.15. The van der Waals surface area contributed by atoms with Gasteiger partial charge in [-0.05, 0) is 63.1 Å². The first kappa shape index (κ1) is 25.2. The number of allylic oxidation sites excluding steroid dienone is 1. The van der Waals surface area contributed by atoms with E-state index < -0.39 is 5.97 Å². The van der Waals surface area contributed by atoms with Crippen LogP contribution in [0.25, 0.3) is 10.9 Å². The molecule has 3 rings (SSSR count). The van der Waals surface area contributed by atoms with Crippen molar-refractivity contribution in [2.75, 3.05) is 13.7 Å². The summed E-state index contributed by atoms with van der Waals surface area (Å²) >= 11 is 3.39. The number of carbonyl (C=O) groups is 1. The molecular formula is C25H26BrN3O5. The zero-order valence-corrected chi connectivity index (χ0v) is 21.1. The van der Waals surface area contributed by atoms with E-state index in [1.165, 1.54) is 11.8 Å². The van der Waals surface area contributed by atoms with Crippen LogP contribution in [-0.4, -0.2) is 41.7 Å². The van der Waals surface area contributed by atoms with Gasteiger partial charge in [-0.2, -0.15) is 9.78 Å². The van der Waals surface area contributed by atoms with Gasteiger partial charge in [0.1, 0.15) is 5.82 Å². The molecule has 0 radical (unpaired) electrons. The number of carbonyl (C=O) groups excluding carboxylic acids is 1. The lowest BCUT2D eigenvalue weighted by molar-refractivity contribution is -0.149. The Kier molecular flexibility index (Phi) is 8.22. The number of rotatable bonds is 9. The van der Waals surface area contributed by atoms with Gasteiger partial charge in [0.2, 0.25) is 0 Å². The molecule has 0 saturated heterocycles. The SMILES string of the molecule is C=CCc1cc(C=Nn2c(C)nc3ccc(Br)cc3c2=O)cc(OC)c1OCC(=O)OC(C)C. The van der Waals surface area contributed by atoms with Gasteiger partial charge in [0.05, 0.1) is 30.3 Å². The average molecular weight is 528 g/mol. The smallest absolute Gasteiger partial charge is 0.344 e. The van der Waals surface area contributed by atoms with Gasteiger partial charge in [-0.3, -0.25) is 4.79 Å². The van der Waals surface area contributed by atoms with Gasteiger partial charge in [0.25, 0.3) is 5.56 Å². The molecule has 0 fully saturated rings. The summed E-state index contributed by atoms with van der Waals surface area (Å²) in [7, 11) is 1.51. The Morgan fingerprint density at radius 2 is 2.06 bits per heavy atom. The maximum Gasteiger partial charge on any atom is 0.344 e. The first-order chi connectivity index (χ1) is 16.2. The molecule has 0 saturated carbocycles. The summed E-state index contributed by atoms with van der Waals surface area (Å²) in [5.41, 5.74) is 1.75. The highest BCUT2D eigenvalue weighted by molar-refractivity contribution is 9.10. The molecule has 2 aromatic carbocycles.